The van der Waals surface area contributed by atoms with E-state index in [0.717, 1.165) is 4.90 Å². The molecule has 640 valence electrons. The van der Waals surface area contributed by atoms with E-state index in [-0.39, 0.29) is 102 Å². The SMILES string of the molecule is CC[C@H](C)[C@H](NC(=O)CNC(=O)[C@H](C)NC(=O)[C@@H]1CCCN1C(=O)CNC(=O)[C@H](CCSC)NC(=O)[C@H](CCC(=O)O)NC(=O)CN)C(=O)N1C[C@H](O)C[C@H]1C(=O)NCC(=O)N[C@@H](C)C(=O)N1CCC[C@H]1C(=O)NCC(=O)N[C@@H](CC(C)C)C(=O)N[C@@H](CC(C)C)C(=O)NCC(=O)N[C@@H](C)C(=O)N[C@@H](CCCN=C(N)N)C(=O)O. The number of rotatable bonds is 48. The van der Waals surface area contributed by atoms with E-state index in [1.54, 1.807) is 47.8 Å². The van der Waals surface area contributed by atoms with Crippen LogP contribution in [0.5, 0.6) is 0 Å². The van der Waals surface area contributed by atoms with Crippen molar-refractivity contribution in [1.29, 1.82) is 0 Å². The molecular weight excluding hydrogens is 1520 g/mol. The van der Waals surface area contributed by atoms with Gasteiger partial charge in [0.1, 0.15) is 72.5 Å². The zero-order valence-electron chi connectivity index (χ0n) is 66.2. The molecule has 43 nitrogen and oxygen atoms in total. The van der Waals surface area contributed by atoms with Gasteiger partial charge in [-0.2, -0.15) is 11.8 Å². The lowest BCUT2D eigenvalue weighted by atomic mass is 9.97. The van der Waals surface area contributed by atoms with Crippen LogP contribution in [0.1, 0.15) is 146 Å². The van der Waals surface area contributed by atoms with Crippen molar-refractivity contribution in [3.05, 3.63) is 0 Å². The number of carbonyl (C=O) groups excluding carboxylic acids is 17. The van der Waals surface area contributed by atoms with Crippen LogP contribution in [-0.2, 0) is 91.1 Å². The van der Waals surface area contributed by atoms with Gasteiger partial charge in [0.25, 0.3) is 0 Å². The quantitative estimate of drug-likeness (QED) is 0.0153. The maximum atomic E-state index is 14.3. The molecule has 3 rings (SSSR count). The summed E-state index contributed by atoms with van der Waals surface area (Å²) in [4.78, 5) is 258. The average molecular weight is 1640 g/mol. The number of nitrogens with one attached hydrogen (secondary N) is 14. The fourth-order valence-electron chi connectivity index (χ4n) is 12.5. The lowest BCUT2D eigenvalue weighted by Crippen LogP contribution is -2.58. The lowest BCUT2D eigenvalue weighted by molar-refractivity contribution is -0.143. The van der Waals surface area contributed by atoms with E-state index in [4.69, 9.17) is 22.3 Å². The van der Waals surface area contributed by atoms with Gasteiger partial charge in [-0.15, -0.1) is 0 Å². The highest BCUT2D eigenvalue weighted by Crippen LogP contribution is 2.24. The monoisotopic (exact) mass is 1640 g/mol. The van der Waals surface area contributed by atoms with Crippen LogP contribution < -0.4 is 91.6 Å². The summed E-state index contributed by atoms with van der Waals surface area (Å²) in [6.07, 6.45) is 1.35. The highest BCUT2D eigenvalue weighted by molar-refractivity contribution is 7.98. The normalized spacial score (nSPS) is 18.4. The Kier molecular flexibility index (Phi) is 42.1. The van der Waals surface area contributed by atoms with E-state index in [0.29, 0.717) is 25.0 Å². The predicted molar refractivity (Wildman–Crippen MR) is 410 cm³/mol. The second kappa shape index (κ2) is 49.2. The first kappa shape index (κ1) is 97.7. The van der Waals surface area contributed by atoms with Crippen molar-refractivity contribution in [2.45, 2.75) is 224 Å². The third-order valence-corrected chi connectivity index (χ3v) is 19.4. The molecule has 3 saturated heterocycles. The molecule has 0 bridgehead atoms. The molecule has 23 N–H and O–H groups in total. The molecule has 3 aliphatic heterocycles. The van der Waals surface area contributed by atoms with Gasteiger partial charge in [0.05, 0.1) is 45.4 Å². The number of nitrogens with zero attached hydrogens (tertiary/aromatic N) is 4. The number of nitrogens with two attached hydrogens (primary N) is 3. The molecule has 0 aromatic heterocycles. The van der Waals surface area contributed by atoms with Gasteiger partial charge in [-0.05, 0) is 115 Å². The van der Waals surface area contributed by atoms with E-state index in [1.165, 1.54) is 42.3 Å². The third kappa shape index (κ3) is 33.6. The number of carboxylic acid groups (broad SMARTS) is 2. The van der Waals surface area contributed by atoms with Crippen LogP contribution in [0.4, 0.5) is 0 Å². The lowest BCUT2D eigenvalue weighted by Gasteiger charge is -2.31. The Morgan fingerprint density at radius 2 is 0.956 bits per heavy atom. The standard InChI is InChI=1S/C70H117N21O22S/c1-11-37(6)57(88-54(97)32-75-58(101)38(7)82-66(109)48-17-13-22-89(48)55(98)33-79-60(103)43(20-24-114-10)85-62(105)42(18-19-56(99)100)83-50(93)28-71)68(111)91-34-41(92)27-49(91)65(108)78-30-52(95)81-40(9)67(110)90-23-14-16-47(90)64(107)77-31-53(96)84-46(26-36(4)5)63(106)87-45(25-35(2)3)61(104)76-29-51(94)80-39(8)59(102)86-44(69(112)113)15-12-21-74-70(72)73/h35-49,57,92H,11-34,71H2,1-10H3,(H,75,101)(H,76,104)(H,77,107)(H,78,108)(H,79,103)(H,80,94)(H,81,95)(H,82,109)(H,83,93)(H,84,96)(H,85,105)(H,86,102)(H,87,106)(H,88,97)(H,99,100)(H,112,113)(H4,72,73,74)/t37-,38-,39-,40-,41+,42-,43-,44-,45-,46-,47-,48-,49-,57-/m0/s1. The van der Waals surface area contributed by atoms with Crippen molar-refractivity contribution in [2.75, 3.05) is 77.5 Å². The van der Waals surface area contributed by atoms with E-state index < -0.39 is 243 Å². The van der Waals surface area contributed by atoms with Crippen LogP contribution in [0.3, 0.4) is 0 Å². The number of hydrogen-bond donors (Lipinski definition) is 20. The molecule has 0 spiro atoms. The summed E-state index contributed by atoms with van der Waals surface area (Å²) in [6, 6.07) is -14.9. The van der Waals surface area contributed by atoms with Gasteiger partial charge in [-0.3, -0.25) is 91.3 Å². The van der Waals surface area contributed by atoms with Crippen molar-refractivity contribution in [1.82, 2.24) is 89.1 Å². The number of carboxylic acids is 2. The summed E-state index contributed by atoms with van der Waals surface area (Å²) >= 11 is 1.35. The molecule has 0 aromatic carbocycles. The molecule has 3 fully saturated rings. The smallest absolute Gasteiger partial charge is 0.326 e. The van der Waals surface area contributed by atoms with Gasteiger partial charge in [0.2, 0.25) is 100 Å². The molecule has 0 aromatic rings. The molecule has 17 amide bonds. The van der Waals surface area contributed by atoms with Crippen molar-refractivity contribution in [3.8, 4) is 0 Å². The van der Waals surface area contributed by atoms with E-state index in [9.17, 15) is 101 Å². The summed E-state index contributed by atoms with van der Waals surface area (Å²) in [5, 5.41) is 64.0. The number of amides is 17. The Morgan fingerprint density at radius 1 is 0.482 bits per heavy atom. The van der Waals surface area contributed by atoms with Crippen molar-refractivity contribution < 1.29 is 106 Å². The van der Waals surface area contributed by atoms with Crippen LogP contribution in [0.2, 0.25) is 0 Å². The number of aliphatic hydroxyl groups is 1. The molecule has 114 heavy (non-hydrogen) atoms. The zero-order chi connectivity index (χ0) is 85.8. The Labute approximate surface area is 664 Å². The molecule has 44 heteroatoms. The molecule has 3 aliphatic rings. The number of aliphatic imine (C=N–C) groups is 1. The fraction of sp³-hybridized carbons (Fsp3) is 0.714. The number of likely N-dealkylation sites (tertiary alicyclic amines) is 3. The molecule has 0 aliphatic carbocycles. The summed E-state index contributed by atoms with van der Waals surface area (Å²) in [5.74, 6) is -16.6. The van der Waals surface area contributed by atoms with Crippen LogP contribution in [0.25, 0.3) is 0 Å². The maximum Gasteiger partial charge on any atom is 0.326 e. The first-order chi connectivity index (χ1) is 53.6. The van der Waals surface area contributed by atoms with E-state index in [2.05, 4.69) is 79.4 Å². The number of β-amino-alcohol motifs (C(OH)–C–C–N with tert-alkyl or cyclic N) is 1. The van der Waals surface area contributed by atoms with Crippen molar-refractivity contribution >= 4 is 130 Å². The largest absolute Gasteiger partial charge is 0.481 e. The Hall–Kier alpha value is -10.5. The van der Waals surface area contributed by atoms with Crippen molar-refractivity contribution in [2.24, 2.45) is 39.9 Å². The molecule has 0 unspecified atom stereocenters. The van der Waals surface area contributed by atoms with Gasteiger partial charge in [0.15, 0.2) is 5.96 Å². The van der Waals surface area contributed by atoms with Gasteiger partial charge in [0, 0.05) is 39.0 Å². The number of carbonyl (C=O) groups is 19. The third-order valence-electron chi connectivity index (χ3n) is 18.7. The minimum absolute atomic E-state index is 0.0198. The van der Waals surface area contributed by atoms with E-state index >= 15 is 0 Å². The minimum atomic E-state index is -1.35. The van der Waals surface area contributed by atoms with Gasteiger partial charge >= 0.3 is 11.9 Å². The van der Waals surface area contributed by atoms with Crippen LogP contribution in [-0.4, -0.2) is 304 Å². The minimum Gasteiger partial charge on any atom is -0.481 e. The second-order valence-corrected chi connectivity index (χ2v) is 30.0. The first-order valence-electron chi connectivity index (χ1n) is 38.0. The number of guanidine groups is 1. The summed E-state index contributed by atoms with van der Waals surface area (Å²) < 4.78 is 0. The molecule has 14 atom stereocenters. The summed E-state index contributed by atoms with van der Waals surface area (Å²) in [5.41, 5.74) is 15.9. The van der Waals surface area contributed by atoms with Crippen LogP contribution >= 0.6 is 11.8 Å². The number of aliphatic hydroxyl groups excluding tert-OH is 1. The highest BCUT2D eigenvalue weighted by atomic mass is 32.2. The zero-order valence-corrected chi connectivity index (χ0v) is 67.1. The van der Waals surface area contributed by atoms with Gasteiger partial charge in [-0.25, -0.2) is 4.79 Å². The van der Waals surface area contributed by atoms with Crippen LogP contribution in [0.15, 0.2) is 4.99 Å². The highest BCUT2D eigenvalue weighted by Gasteiger charge is 2.44. The number of thioether (sulfide) groups is 1. The number of hydrogen-bond acceptors (Lipinski definition) is 23. The van der Waals surface area contributed by atoms with Crippen molar-refractivity contribution in [3.63, 3.8) is 0 Å². The van der Waals surface area contributed by atoms with Gasteiger partial charge < -0.3 is 122 Å². The predicted octanol–water partition coefficient (Wildman–Crippen LogP) is -8.21. The fourth-order valence-corrected chi connectivity index (χ4v) is 13.0. The Balaban J connectivity index is 1.53. The number of aliphatic carboxylic acids is 2. The first-order valence-corrected chi connectivity index (χ1v) is 39.4. The molecule has 3 heterocycles. The Morgan fingerprint density at radius 3 is 1.52 bits per heavy atom. The molecule has 0 saturated carbocycles. The average Bonchev–Trinajstić information content (AvgIpc) is 1.67. The summed E-state index contributed by atoms with van der Waals surface area (Å²) in [7, 11) is 0. The summed E-state index contributed by atoms with van der Waals surface area (Å²) in [6.45, 7) is 10.6. The topological polar surface area (TPSA) is 654 Å². The Bertz CT molecular complexity index is 3460. The molecule has 0 radical (unpaired) electrons. The van der Waals surface area contributed by atoms with Gasteiger partial charge in [-0.1, -0.05) is 48.0 Å². The molecular formula is C70H117N21O22S. The van der Waals surface area contributed by atoms with Crippen LogP contribution in [0, 0.1) is 17.8 Å². The van der Waals surface area contributed by atoms with E-state index in [1.807, 2.05) is 0 Å². The second-order valence-electron chi connectivity index (χ2n) is 29.0. The maximum absolute atomic E-state index is 14.3.